The van der Waals surface area contributed by atoms with Crippen molar-refractivity contribution in [3.05, 3.63) is 102 Å². The molecule has 5 amide bonds. The van der Waals surface area contributed by atoms with Crippen LogP contribution >= 0.6 is 0 Å². The second-order valence-corrected chi connectivity index (χ2v) is 19.8. The van der Waals surface area contributed by atoms with Crippen molar-refractivity contribution in [3.63, 3.8) is 0 Å². The van der Waals surface area contributed by atoms with E-state index in [0.717, 1.165) is 10.5 Å². The first-order valence-electron chi connectivity index (χ1n) is 22.9. The lowest BCUT2D eigenvalue weighted by Gasteiger charge is -2.40. The predicted octanol–water partition coefficient (Wildman–Crippen LogP) is 5.78. The normalized spacial score (nSPS) is 20.0. The molecule has 1 unspecified atom stereocenters. The van der Waals surface area contributed by atoms with Gasteiger partial charge in [-0.1, -0.05) is 18.2 Å². The van der Waals surface area contributed by atoms with Gasteiger partial charge in [0.05, 0.1) is 40.0 Å². The molecule has 10 rings (SSSR count). The van der Waals surface area contributed by atoms with Crippen molar-refractivity contribution in [1.29, 1.82) is 0 Å². The molecule has 19 nitrogen and oxygen atoms in total. The first-order valence-corrected chi connectivity index (χ1v) is 24.4. The van der Waals surface area contributed by atoms with E-state index in [1.807, 2.05) is 20.5 Å². The minimum Gasteiger partial charge on any atom is -0.484 e. The third-order valence-corrected chi connectivity index (χ3v) is 14.6. The summed E-state index contributed by atoms with van der Waals surface area (Å²) < 4.78 is 76.7. The van der Waals surface area contributed by atoms with Crippen LogP contribution < -0.4 is 25.8 Å². The van der Waals surface area contributed by atoms with Gasteiger partial charge in [0.1, 0.15) is 35.2 Å². The molecular formula is C48H46F3N11O8S. The topological polar surface area (TPSA) is 246 Å². The lowest BCUT2D eigenvalue weighted by molar-refractivity contribution is -0.140. The molecule has 6 aromatic rings. The van der Waals surface area contributed by atoms with Gasteiger partial charge in [0.15, 0.2) is 0 Å². The molecule has 2 atom stereocenters. The highest BCUT2D eigenvalue weighted by Gasteiger charge is 2.45. The number of carbonyl (C=O) groups is 5. The van der Waals surface area contributed by atoms with Crippen molar-refractivity contribution < 1.29 is 50.3 Å². The van der Waals surface area contributed by atoms with Crippen LogP contribution in [0.3, 0.4) is 0 Å². The Morgan fingerprint density at radius 1 is 0.915 bits per heavy atom. The molecule has 1 aliphatic carbocycles. The Labute approximate surface area is 403 Å². The number of carbonyl (C=O) groups excluding carboxylic acids is 5. The number of amides is 5. The molecule has 71 heavy (non-hydrogen) atoms. The van der Waals surface area contributed by atoms with Crippen LogP contribution in [-0.4, -0.2) is 103 Å². The Kier molecular flexibility index (Phi) is 12.0. The number of halogens is 3. The van der Waals surface area contributed by atoms with Crippen molar-refractivity contribution >= 4 is 67.7 Å². The second-order valence-electron chi connectivity index (χ2n) is 18.2. The fraction of sp³-hybridized carbons (Fsp3) is 0.333. The number of nitrogens with two attached hydrogens (primary N) is 1. The van der Waals surface area contributed by atoms with Gasteiger partial charge < -0.3 is 20.7 Å². The molecule has 3 aliphatic heterocycles. The predicted molar refractivity (Wildman–Crippen MR) is 252 cm³/mol. The van der Waals surface area contributed by atoms with Gasteiger partial charge in [0.2, 0.25) is 17.7 Å². The molecule has 2 saturated heterocycles. The molecule has 23 heteroatoms. The molecule has 4 aliphatic rings. The number of piperidine rings is 2. The zero-order valence-corrected chi connectivity index (χ0v) is 39.0. The summed E-state index contributed by atoms with van der Waals surface area (Å²) in [6, 6.07) is 13.5. The Bertz CT molecular complexity index is 3280. The number of aryl methyl sites for hydroxylation is 1. The maximum absolute atomic E-state index is 13.7. The van der Waals surface area contributed by atoms with E-state index in [9.17, 15) is 45.6 Å². The lowest BCUT2D eigenvalue weighted by Crippen LogP contribution is -2.54. The number of nitrogens with zero attached hydrogens (tertiary/aromatic N) is 7. The Balaban J connectivity index is 0.789. The first-order chi connectivity index (χ1) is 33.9. The average Bonchev–Trinajstić information content (AvgIpc) is 4.03. The largest absolute Gasteiger partial charge is 0.484 e. The number of hydrogen-bond acceptors (Lipinski definition) is 13. The standard InChI is InChI=1S/C48H46F3N11O8S/c1-24(25-3-6-29(49)7-4-25)70-38-19-26(5-10-36(38)58-71(68,69)48(50)51)41-40-42(59(2)57-41)35(22-53-43(40)52)28-21-54-61(23-28)32-13-15-60(16-14-32)45(65)27-17-31(18-27)55-30-8-9-33-34(20-30)47(67)62(46(33)66)37-11-12-39(63)56-44(37)64/h3-10,19-24,27,31-32,37,48,55,58H,11-18H2,1-2H3,(H2,52,53)(H,56,63,64)/t24-,27-,31-,37?/m0/s1. The van der Waals surface area contributed by atoms with Crippen LogP contribution in [0, 0.1) is 11.7 Å². The van der Waals surface area contributed by atoms with Crippen molar-refractivity contribution in [1.82, 2.24) is 39.7 Å². The van der Waals surface area contributed by atoms with Crippen molar-refractivity contribution in [2.75, 3.05) is 28.9 Å². The van der Waals surface area contributed by atoms with E-state index in [4.69, 9.17) is 20.7 Å². The fourth-order valence-electron chi connectivity index (χ4n) is 9.81. The van der Waals surface area contributed by atoms with Crippen LogP contribution in [-0.2, 0) is 31.5 Å². The molecule has 1 saturated carbocycles. The van der Waals surface area contributed by atoms with Crippen LogP contribution in [0.15, 0.2) is 79.3 Å². The van der Waals surface area contributed by atoms with Crippen molar-refractivity contribution in [2.45, 2.75) is 75.4 Å². The molecule has 5 N–H and O–H groups in total. The van der Waals surface area contributed by atoms with Gasteiger partial charge in [-0.15, -0.1) is 0 Å². The van der Waals surface area contributed by atoms with Gasteiger partial charge in [-0.25, -0.2) is 17.8 Å². The quantitative estimate of drug-likeness (QED) is 0.100. The number of fused-ring (bicyclic) bond motifs is 2. The molecular weight excluding hydrogens is 948 g/mol. The number of ether oxygens (including phenoxy) is 1. The van der Waals surface area contributed by atoms with Crippen LogP contribution in [0.1, 0.15) is 83.9 Å². The SMILES string of the molecule is C[C@H](Oc1cc(-c2nn(C)c3c(-c4cnn(C5CCN(C(=O)[C@H]6C[C@H](Nc7ccc8c(c7)C(=O)N(C7CCC(=O)NC7=O)C8=O)C6)CC5)c4)cnc(N)c23)ccc1NS(=O)(=O)C(F)F)c1ccc(F)cc1. The summed E-state index contributed by atoms with van der Waals surface area (Å²) in [4.78, 5) is 71.4. The summed E-state index contributed by atoms with van der Waals surface area (Å²) in [6.07, 6.45) is 7.10. The van der Waals surface area contributed by atoms with Gasteiger partial charge in [0, 0.05) is 73.3 Å². The Hall–Kier alpha value is -7.82. The van der Waals surface area contributed by atoms with E-state index in [-0.39, 0.29) is 65.1 Å². The molecule has 3 fully saturated rings. The van der Waals surface area contributed by atoms with Crippen LogP contribution in [0.2, 0.25) is 0 Å². The Morgan fingerprint density at radius 3 is 2.37 bits per heavy atom. The summed E-state index contributed by atoms with van der Waals surface area (Å²) in [5, 5.41) is 15.5. The molecule has 0 spiro atoms. The van der Waals surface area contributed by atoms with E-state index in [2.05, 4.69) is 15.6 Å². The maximum atomic E-state index is 13.7. The van der Waals surface area contributed by atoms with E-state index in [1.54, 1.807) is 49.2 Å². The molecule has 3 aromatic heterocycles. The van der Waals surface area contributed by atoms with Crippen LogP contribution in [0.4, 0.5) is 30.4 Å². The minimum atomic E-state index is -5.08. The number of alkyl halides is 2. The average molecular weight is 994 g/mol. The number of aromatic nitrogens is 5. The molecule has 3 aromatic carbocycles. The number of rotatable bonds is 13. The number of nitrogens with one attached hydrogen (secondary N) is 3. The number of benzene rings is 3. The van der Waals surface area contributed by atoms with Gasteiger partial charge in [-0.2, -0.15) is 19.0 Å². The lowest BCUT2D eigenvalue weighted by atomic mass is 9.78. The summed E-state index contributed by atoms with van der Waals surface area (Å²) in [5.41, 5.74) is 10.6. The van der Waals surface area contributed by atoms with Gasteiger partial charge in [-0.05, 0) is 87.1 Å². The fourth-order valence-corrected chi connectivity index (χ4v) is 10.4. The van der Waals surface area contributed by atoms with Gasteiger partial charge in [0.25, 0.3) is 21.8 Å². The number of pyridine rings is 1. The van der Waals surface area contributed by atoms with Crippen molar-refractivity contribution in [3.8, 4) is 28.1 Å². The Morgan fingerprint density at radius 2 is 1.65 bits per heavy atom. The highest BCUT2D eigenvalue weighted by Crippen LogP contribution is 2.41. The zero-order chi connectivity index (χ0) is 50.0. The maximum Gasteiger partial charge on any atom is 0.355 e. The minimum absolute atomic E-state index is 0.0000184. The second kappa shape index (κ2) is 18.2. The highest BCUT2D eigenvalue weighted by atomic mass is 32.2. The van der Waals surface area contributed by atoms with E-state index >= 15 is 0 Å². The number of imide groups is 2. The van der Waals surface area contributed by atoms with E-state index in [0.29, 0.717) is 77.7 Å². The number of nitrogen functional groups attached to an aromatic ring is 1. The summed E-state index contributed by atoms with van der Waals surface area (Å²) in [7, 11) is -3.36. The number of sulfonamides is 1. The first kappa shape index (κ1) is 46.9. The van der Waals surface area contributed by atoms with Crippen LogP contribution in [0.5, 0.6) is 5.75 Å². The number of likely N-dealkylation sites (tertiary alicyclic amines) is 1. The smallest absolute Gasteiger partial charge is 0.355 e. The zero-order valence-electron chi connectivity index (χ0n) is 38.1. The van der Waals surface area contributed by atoms with Gasteiger partial charge >= 0.3 is 5.76 Å². The summed E-state index contributed by atoms with van der Waals surface area (Å²) in [6.45, 7) is 2.71. The van der Waals surface area contributed by atoms with E-state index in [1.165, 1.54) is 42.5 Å². The molecule has 6 heterocycles. The van der Waals surface area contributed by atoms with E-state index < -0.39 is 57.4 Å². The van der Waals surface area contributed by atoms with Gasteiger partial charge in [-0.3, -0.25) is 48.3 Å². The summed E-state index contributed by atoms with van der Waals surface area (Å²) >= 11 is 0. The summed E-state index contributed by atoms with van der Waals surface area (Å²) in [5.74, 6) is -6.52. The van der Waals surface area contributed by atoms with Crippen molar-refractivity contribution in [2.24, 2.45) is 13.0 Å². The number of hydrogen-bond donors (Lipinski definition) is 4. The monoisotopic (exact) mass is 993 g/mol. The molecule has 368 valence electrons. The number of anilines is 3. The van der Waals surface area contributed by atoms with Crippen LogP contribution in [0.25, 0.3) is 33.3 Å². The third-order valence-electron chi connectivity index (χ3n) is 13.6. The highest BCUT2D eigenvalue weighted by molar-refractivity contribution is 7.93. The third kappa shape index (κ3) is 8.78. The molecule has 0 radical (unpaired) electrons. The molecule has 0 bridgehead atoms.